The molecule has 22 heavy (non-hydrogen) atoms. The van der Waals surface area contributed by atoms with Gasteiger partial charge in [0.15, 0.2) is 0 Å². The van der Waals surface area contributed by atoms with Gasteiger partial charge in [-0.1, -0.05) is 40.9 Å². The Morgan fingerprint density at radius 2 is 1.68 bits per heavy atom. The minimum atomic E-state index is -0.177. The molecule has 0 fully saturated rings. The Morgan fingerprint density at radius 1 is 1.05 bits per heavy atom. The molecule has 1 amide bonds. The summed E-state index contributed by atoms with van der Waals surface area (Å²) in [5.41, 5.74) is 4.93. The molecular formula is C17H18Cl2N2O. The zero-order valence-corrected chi connectivity index (χ0v) is 14.3. The van der Waals surface area contributed by atoms with Gasteiger partial charge < -0.3 is 10.6 Å². The van der Waals surface area contributed by atoms with E-state index in [1.807, 2.05) is 13.8 Å². The molecule has 0 aliphatic rings. The molecule has 116 valence electrons. The molecule has 0 aromatic heterocycles. The highest BCUT2D eigenvalue weighted by Gasteiger charge is 2.09. The average Bonchev–Trinajstić information content (AvgIpc) is 2.41. The van der Waals surface area contributed by atoms with Crippen molar-refractivity contribution in [3.63, 3.8) is 0 Å². The van der Waals surface area contributed by atoms with E-state index in [1.165, 1.54) is 5.56 Å². The van der Waals surface area contributed by atoms with E-state index >= 15 is 0 Å². The quantitative estimate of drug-likeness (QED) is 0.827. The van der Waals surface area contributed by atoms with Gasteiger partial charge in [0.05, 0.1) is 17.3 Å². The molecule has 0 spiro atoms. The molecule has 0 aliphatic heterocycles. The van der Waals surface area contributed by atoms with Gasteiger partial charge in [0, 0.05) is 10.7 Å². The highest BCUT2D eigenvalue weighted by Crippen LogP contribution is 2.25. The summed E-state index contributed by atoms with van der Waals surface area (Å²) in [6, 6.07) is 9.13. The van der Waals surface area contributed by atoms with Gasteiger partial charge >= 0.3 is 0 Å². The summed E-state index contributed by atoms with van der Waals surface area (Å²) in [5.74, 6) is -0.177. The van der Waals surface area contributed by atoms with E-state index < -0.39 is 0 Å². The van der Waals surface area contributed by atoms with Gasteiger partial charge in [-0.2, -0.15) is 0 Å². The van der Waals surface area contributed by atoms with Crippen LogP contribution in [0.3, 0.4) is 0 Å². The summed E-state index contributed by atoms with van der Waals surface area (Å²) in [7, 11) is 0. The monoisotopic (exact) mass is 336 g/mol. The highest BCUT2D eigenvalue weighted by molar-refractivity contribution is 6.35. The van der Waals surface area contributed by atoms with Gasteiger partial charge in [-0.3, -0.25) is 4.79 Å². The Balaban J connectivity index is 2.03. The fourth-order valence-corrected chi connectivity index (χ4v) is 2.75. The molecule has 2 aromatic rings. The van der Waals surface area contributed by atoms with Crippen LogP contribution in [-0.4, -0.2) is 12.5 Å². The molecule has 0 saturated carbocycles. The second kappa shape index (κ2) is 7.03. The number of anilines is 2. The lowest BCUT2D eigenvalue weighted by atomic mass is 10.1. The maximum absolute atomic E-state index is 12.1. The number of benzene rings is 2. The zero-order chi connectivity index (χ0) is 16.3. The van der Waals surface area contributed by atoms with Gasteiger partial charge in [-0.05, 0) is 50.1 Å². The van der Waals surface area contributed by atoms with E-state index in [0.29, 0.717) is 15.7 Å². The van der Waals surface area contributed by atoms with Gasteiger partial charge in [0.25, 0.3) is 0 Å². The summed E-state index contributed by atoms with van der Waals surface area (Å²) in [6.45, 7) is 6.26. The lowest BCUT2D eigenvalue weighted by molar-refractivity contribution is -0.114. The Morgan fingerprint density at radius 3 is 2.32 bits per heavy atom. The van der Waals surface area contributed by atoms with Gasteiger partial charge in [-0.15, -0.1) is 0 Å². The molecule has 2 rings (SSSR count). The van der Waals surface area contributed by atoms with Crippen molar-refractivity contribution >= 4 is 40.5 Å². The number of aryl methyl sites for hydroxylation is 3. The third-order valence-corrected chi connectivity index (χ3v) is 3.87. The van der Waals surface area contributed by atoms with E-state index in [-0.39, 0.29) is 12.5 Å². The number of hydrogen-bond acceptors (Lipinski definition) is 2. The molecule has 5 heteroatoms. The van der Waals surface area contributed by atoms with Crippen LogP contribution in [0.5, 0.6) is 0 Å². The highest BCUT2D eigenvalue weighted by atomic mass is 35.5. The molecular weight excluding hydrogens is 319 g/mol. The molecule has 2 aromatic carbocycles. The van der Waals surface area contributed by atoms with Crippen molar-refractivity contribution in [2.75, 3.05) is 17.2 Å². The fraction of sp³-hybridized carbons (Fsp3) is 0.235. The van der Waals surface area contributed by atoms with Crippen molar-refractivity contribution < 1.29 is 4.79 Å². The molecule has 0 bridgehead atoms. The molecule has 0 saturated heterocycles. The van der Waals surface area contributed by atoms with Crippen LogP contribution in [0.4, 0.5) is 11.4 Å². The number of rotatable bonds is 4. The van der Waals surface area contributed by atoms with E-state index in [9.17, 15) is 4.79 Å². The lowest BCUT2D eigenvalue weighted by Crippen LogP contribution is -2.22. The van der Waals surface area contributed by atoms with Gasteiger partial charge in [0.1, 0.15) is 0 Å². The topological polar surface area (TPSA) is 41.1 Å². The first-order valence-electron chi connectivity index (χ1n) is 6.93. The normalized spacial score (nSPS) is 10.4. The van der Waals surface area contributed by atoms with Crippen LogP contribution >= 0.6 is 23.2 Å². The van der Waals surface area contributed by atoms with Crippen molar-refractivity contribution in [1.29, 1.82) is 0 Å². The molecule has 0 unspecified atom stereocenters. The largest absolute Gasteiger partial charge is 0.376 e. The van der Waals surface area contributed by atoms with Crippen LogP contribution in [0, 0.1) is 20.8 Å². The summed E-state index contributed by atoms with van der Waals surface area (Å²) in [4.78, 5) is 12.1. The van der Waals surface area contributed by atoms with Crippen molar-refractivity contribution in [3.05, 3.63) is 57.1 Å². The summed E-state index contributed by atoms with van der Waals surface area (Å²) < 4.78 is 0. The predicted octanol–water partition coefficient (Wildman–Crippen LogP) is 4.97. The van der Waals surface area contributed by atoms with Gasteiger partial charge in [0.2, 0.25) is 5.91 Å². The first-order valence-corrected chi connectivity index (χ1v) is 7.69. The van der Waals surface area contributed by atoms with Crippen molar-refractivity contribution in [2.45, 2.75) is 20.8 Å². The maximum atomic E-state index is 12.1. The van der Waals surface area contributed by atoms with E-state index in [1.54, 1.807) is 18.2 Å². The van der Waals surface area contributed by atoms with Crippen molar-refractivity contribution in [2.24, 2.45) is 0 Å². The van der Waals surface area contributed by atoms with Crippen LogP contribution in [0.15, 0.2) is 30.3 Å². The molecule has 0 radical (unpaired) electrons. The van der Waals surface area contributed by atoms with E-state index in [2.05, 4.69) is 29.7 Å². The van der Waals surface area contributed by atoms with Crippen LogP contribution in [0.25, 0.3) is 0 Å². The SMILES string of the molecule is Cc1cc(C)c(NCC(=O)Nc2cc(Cl)ccc2Cl)c(C)c1. The average molecular weight is 337 g/mol. The summed E-state index contributed by atoms with van der Waals surface area (Å²) >= 11 is 11.9. The Kier molecular flexibility index (Phi) is 5.33. The van der Waals surface area contributed by atoms with E-state index in [0.717, 1.165) is 16.8 Å². The smallest absolute Gasteiger partial charge is 0.243 e. The van der Waals surface area contributed by atoms with Crippen LogP contribution in [0.2, 0.25) is 10.0 Å². The Labute approximate surface area is 140 Å². The van der Waals surface area contributed by atoms with Crippen LogP contribution < -0.4 is 10.6 Å². The Hall–Kier alpha value is -1.71. The third kappa shape index (κ3) is 4.15. The van der Waals surface area contributed by atoms with Crippen LogP contribution in [-0.2, 0) is 4.79 Å². The molecule has 0 aliphatic carbocycles. The van der Waals surface area contributed by atoms with Crippen molar-refractivity contribution in [3.8, 4) is 0 Å². The lowest BCUT2D eigenvalue weighted by Gasteiger charge is -2.14. The Bertz CT molecular complexity index is 691. The number of hydrogen-bond donors (Lipinski definition) is 2. The molecule has 0 atom stereocenters. The first-order chi connectivity index (χ1) is 10.4. The van der Waals surface area contributed by atoms with Crippen molar-refractivity contribution in [1.82, 2.24) is 0 Å². The second-order valence-electron chi connectivity index (χ2n) is 5.30. The molecule has 2 N–H and O–H groups in total. The molecule has 3 nitrogen and oxygen atoms in total. The third-order valence-electron chi connectivity index (χ3n) is 3.31. The number of nitrogens with one attached hydrogen (secondary N) is 2. The van der Waals surface area contributed by atoms with E-state index in [4.69, 9.17) is 23.2 Å². The molecule has 0 heterocycles. The second-order valence-corrected chi connectivity index (χ2v) is 6.14. The minimum absolute atomic E-state index is 0.160. The summed E-state index contributed by atoms with van der Waals surface area (Å²) in [6.07, 6.45) is 0. The zero-order valence-electron chi connectivity index (χ0n) is 12.8. The fourth-order valence-electron chi connectivity index (χ4n) is 2.42. The maximum Gasteiger partial charge on any atom is 0.243 e. The standard InChI is InChI=1S/C17H18Cl2N2O/c1-10-6-11(2)17(12(3)7-10)20-9-16(22)21-15-8-13(18)4-5-14(15)19/h4-8,20H,9H2,1-3H3,(H,21,22). The number of carbonyl (C=O) groups excluding carboxylic acids is 1. The number of amides is 1. The predicted molar refractivity (Wildman–Crippen MR) is 94.2 cm³/mol. The number of halogens is 2. The first kappa shape index (κ1) is 16.7. The van der Waals surface area contributed by atoms with Gasteiger partial charge in [-0.25, -0.2) is 0 Å². The number of carbonyl (C=O) groups is 1. The minimum Gasteiger partial charge on any atom is -0.376 e. The summed E-state index contributed by atoms with van der Waals surface area (Å²) in [5, 5.41) is 6.91. The van der Waals surface area contributed by atoms with Crippen LogP contribution in [0.1, 0.15) is 16.7 Å².